The standard InChI is InChI=1S/C18H17ClFN5OS/c1-11(13-3-2-4-14(19)9-13)22-16(26)10-27-18-24-23-17(25(18)21)12-5-7-15(20)8-6-12/h2-9,11H,10,21H2,1H3,(H,22,26)/t11-/m0/s1. The van der Waals surface area contributed by atoms with Crippen LogP contribution in [0.15, 0.2) is 53.7 Å². The fourth-order valence-corrected chi connectivity index (χ4v) is 3.31. The molecule has 3 N–H and O–H groups in total. The summed E-state index contributed by atoms with van der Waals surface area (Å²) in [5.74, 6) is 6.01. The number of carbonyl (C=O) groups excluding carboxylic acids is 1. The molecule has 0 radical (unpaired) electrons. The molecular weight excluding hydrogens is 389 g/mol. The minimum Gasteiger partial charge on any atom is -0.349 e. The first kappa shape index (κ1) is 19.2. The number of hydrogen-bond donors (Lipinski definition) is 2. The molecule has 2 aromatic carbocycles. The van der Waals surface area contributed by atoms with Gasteiger partial charge in [-0.3, -0.25) is 4.79 Å². The van der Waals surface area contributed by atoms with Gasteiger partial charge in [-0.15, -0.1) is 10.2 Å². The summed E-state index contributed by atoms with van der Waals surface area (Å²) in [5, 5.41) is 11.9. The molecule has 27 heavy (non-hydrogen) atoms. The molecule has 0 aliphatic heterocycles. The number of carbonyl (C=O) groups is 1. The highest BCUT2D eigenvalue weighted by molar-refractivity contribution is 7.99. The molecule has 0 spiro atoms. The lowest BCUT2D eigenvalue weighted by atomic mass is 10.1. The van der Waals surface area contributed by atoms with E-state index < -0.39 is 0 Å². The second kappa shape index (κ2) is 8.41. The van der Waals surface area contributed by atoms with Crippen molar-refractivity contribution in [1.82, 2.24) is 20.2 Å². The van der Waals surface area contributed by atoms with Crippen molar-refractivity contribution in [3.8, 4) is 11.4 Å². The monoisotopic (exact) mass is 405 g/mol. The quantitative estimate of drug-likeness (QED) is 0.484. The third kappa shape index (κ3) is 4.78. The van der Waals surface area contributed by atoms with Gasteiger partial charge in [0.2, 0.25) is 11.1 Å². The van der Waals surface area contributed by atoms with Crippen LogP contribution in [0, 0.1) is 5.82 Å². The summed E-state index contributed by atoms with van der Waals surface area (Å²) in [4.78, 5) is 12.2. The molecule has 1 heterocycles. The van der Waals surface area contributed by atoms with Gasteiger partial charge in [-0.1, -0.05) is 35.5 Å². The topological polar surface area (TPSA) is 85.8 Å². The van der Waals surface area contributed by atoms with Crippen LogP contribution in [-0.4, -0.2) is 26.5 Å². The molecular formula is C18H17ClFN5OS. The Morgan fingerprint density at radius 2 is 2.04 bits per heavy atom. The van der Waals surface area contributed by atoms with Crippen molar-refractivity contribution in [2.24, 2.45) is 0 Å². The minimum absolute atomic E-state index is 0.129. The first-order valence-corrected chi connectivity index (χ1v) is 9.44. The van der Waals surface area contributed by atoms with Gasteiger partial charge in [-0.25, -0.2) is 9.07 Å². The van der Waals surface area contributed by atoms with Gasteiger partial charge in [0, 0.05) is 10.6 Å². The largest absolute Gasteiger partial charge is 0.349 e. The number of amides is 1. The minimum atomic E-state index is -0.345. The maximum absolute atomic E-state index is 13.0. The highest BCUT2D eigenvalue weighted by atomic mass is 35.5. The maximum Gasteiger partial charge on any atom is 0.230 e. The number of nitrogens with zero attached hydrogens (tertiary/aromatic N) is 3. The van der Waals surface area contributed by atoms with Gasteiger partial charge in [-0.2, -0.15) is 0 Å². The van der Waals surface area contributed by atoms with Gasteiger partial charge in [0.15, 0.2) is 5.82 Å². The molecule has 1 amide bonds. The number of benzene rings is 2. The molecule has 3 rings (SSSR count). The molecule has 0 unspecified atom stereocenters. The molecule has 0 fully saturated rings. The van der Waals surface area contributed by atoms with Crippen molar-refractivity contribution in [1.29, 1.82) is 0 Å². The molecule has 1 aromatic heterocycles. The van der Waals surface area contributed by atoms with Gasteiger partial charge in [-0.05, 0) is 48.9 Å². The van der Waals surface area contributed by atoms with Crippen LogP contribution >= 0.6 is 23.4 Å². The average molecular weight is 406 g/mol. The van der Waals surface area contributed by atoms with E-state index in [0.717, 1.165) is 5.56 Å². The van der Waals surface area contributed by atoms with Crippen molar-refractivity contribution >= 4 is 29.3 Å². The Kier molecular flexibility index (Phi) is 5.98. The summed E-state index contributed by atoms with van der Waals surface area (Å²) < 4.78 is 14.3. The zero-order valence-electron chi connectivity index (χ0n) is 14.4. The lowest BCUT2D eigenvalue weighted by molar-refractivity contribution is -0.119. The molecule has 0 bridgehead atoms. The number of aromatic nitrogens is 3. The molecule has 0 aliphatic rings. The zero-order chi connectivity index (χ0) is 19.4. The summed E-state index contributed by atoms with van der Waals surface area (Å²) in [6.45, 7) is 1.88. The number of hydrogen-bond acceptors (Lipinski definition) is 5. The number of nitrogens with two attached hydrogens (primary N) is 1. The molecule has 9 heteroatoms. The Morgan fingerprint density at radius 3 is 2.74 bits per heavy atom. The van der Waals surface area contributed by atoms with E-state index in [9.17, 15) is 9.18 Å². The number of rotatable bonds is 6. The smallest absolute Gasteiger partial charge is 0.230 e. The van der Waals surface area contributed by atoms with Crippen molar-refractivity contribution in [2.45, 2.75) is 18.1 Å². The van der Waals surface area contributed by atoms with Crippen molar-refractivity contribution in [3.63, 3.8) is 0 Å². The van der Waals surface area contributed by atoms with Crippen molar-refractivity contribution < 1.29 is 9.18 Å². The molecule has 0 aliphatic carbocycles. The van der Waals surface area contributed by atoms with Crippen molar-refractivity contribution in [3.05, 3.63) is 64.9 Å². The van der Waals surface area contributed by atoms with Crippen LogP contribution in [0.4, 0.5) is 4.39 Å². The third-order valence-electron chi connectivity index (χ3n) is 3.83. The fraction of sp³-hybridized carbons (Fsp3) is 0.167. The summed E-state index contributed by atoms with van der Waals surface area (Å²) in [7, 11) is 0. The van der Waals surface area contributed by atoms with Gasteiger partial charge >= 0.3 is 0 Å². The van der Waals surface area contributed by atoms with Crippen molar-refractivity contribution in [2.75, 3.05) is 11.6 Å². The van der Waals surface area contributed by atoms with E-state index >= 15 is 0 Å². The van der Waals surface area contributed by atoms with Gasteiger partial charge in [0.05, 0.1) is 11.8 Å². The van der Waals surface area contributed by atoms with Crippen LogP contribution in [0.1, 0.15) is 18.5 Å². The van der Waals surface area contributed by atoms with E-state index in [0.29, 0.717) is 21.6 Å². The highest BCUT2D eigenvalue weighted by Crippen LogP contribution is 2.22. The van der Waals surface area contributed by atoms with Crippen LogP contribution in [-0.2, 0) is 4.79 Å². The number of halogens is 2. The Morgan fingerprint density at radius 1 is 1.30 bits per heavy atom. The summed E-state index contributed by atoms with van der Waals surface area (Å²) in [6, 6.07) is 12.9. The number of nitrogen functional groups attached to an aromatic ring is 1. The van der Waals surface area contributed by atoms with Gasteiger partial charge < -0.3 is 11.2 Å². The normalized spacial score (nSPS) is 12.0. The Labute approximate surface area is 164 Å². The van der Waals surface area contributed by atoms with Crippen LogP contribution in [0.5, 0.6) is 0 Å². The van der Waals surface area contributed by atoms with E-state index in [1.807, 2.05) is 25.1 Å². The second-order valence-electron chi connectivity index (χ2n) is 5.82. The highest BCUT2D eigenvalue weighted by Gasteiger charge is 2.15. The summed E-state index contributed by atoms with van der Waals surface area (Å²) in [5.41, 5.74) is 1.55. The molecule has 3 aromatic rings. The first-order chi connectivity index (χ1) is 12.9. The Bertz CT molecular complexity index is 947. The molecule has 0 saturated heterocycles. The maximum atomic E-state index is 13.0. The van der Waals surface area contributed by atoms with E-state index in [-0.39, 0.29) is 23.5 Å². The number of nitrogens with one attached hydrogen (secondary N) is 1. The lowest BCUT2D eigenvalue weighted by Gasteiger charge is -2.14. The Hall–Kier alpha value is -2.58. The summed E-state index contributed by atoms with van der Waals surface area (Å²) in [6.07, 6.45) is 0. The fourth-order valence-electron chi connectivity index (χ4n) is 2.44. The predicted octanol–water partition coefficient (Wildman–Crippen LogP) is 3.42. The van der Waals surface area contributed by atoms with Crippen LogP contribution in [0.3, 0.4) is 0 Å². The van der Waals surface area contributed by atoms with Crippen LogP contribution in [0.25, 0.3) is 11.4 Å². The van der Waals surface area contributed by atoms with Crippen LogP contribution in [0.2, 0.25) is 5.02 Å². The molecule has 140 valence electrons. The molecule has 6 nitrogen and oxygen atoms in total. The van der Waals surface area contributed by atoms with E-state index in [2.05, 4.69) is 15.5 Å². The first-order valence-electron chi connectivity index (χ1n) is 8.08. The third-order valence-corrected chi connectivity index (χ3v) is 5.00. The summed E-state index contributed by atoms with van der Waals surface area (Å²) >= 11 is 7.14. The second-order valence-corrected chi connectivity index (χ2v) is 7.19. The zero-order valence-corrected chi connectivity index (χ0v) is 16.0. The van der Waals surface area contributed by atoms with Gasteiger partial charge in [0.1, 0.15) is 5.82 Å². The lowest BCUT2D eigenvalue weighted by Crippen LogP contribution is -2.28. The predicted molar refractivity (Wildman–Crippen MR) is 104 cm³/mol. The van der Waals surface area contributed by atoms with Crippen LogP contribution < -0.4 is 11.2 Å². The van der Waals surface area contributed by atoms with E-state index in [1.165, 1.54) is 28.6 Å². The van der Waals surface area contributed by atoms with E-state index in [4.69, 9.17) is 17.4 Å². The van der Waals surface area contributed by atoms with Gasteiger partial charge in [0.25, 0.3) is 0 Å². The number of thioether (sulfide) groups is 1. The Balaban J connectivity index is 1.60. The average Bonchev–Trinajstić information content (AvgIpc) is 3.01. The molecule has 0 saturated carbocycles. The SMILES string of the molecule is C[C@H](NC(=O)CSc1nnc(-c2ccc(F)cc2)n1N)c1cccc(Cl)c1. The van der Waals surface area contributed by atoms with E-state index in [1.54, 1.807) is 18.2 Å². The molecule has 1 atom stereocenters.